The summed E-state index contributed by atoms with van der Waals surface area (Å²) in [6, 6.07) is 8.17. The van der Waals surface area contributed by atoms with Crippen molar-refractivity contribution in [3.63, 3.8) is 0 Å². The Balaban J connectivity index is 0.00000280. The molecular weight excluding hydrogens is 487 g/mol. The van der Waals surface area contributed by atoms with Crippen molar-refractivity contribution in [2.24, 2.45) is 4.99 Å². The summed E-state index contributed by atoms with van der Waals surface area (Å²) in [5, 5.41) is 4.26. The molecule has 0 radical (unpaired) electrons. The largest absolute Gasteiger partial charge is 0.377 e. The molecule has 0 amide bonds. The molecule has 2 aliphatic heterocycles. The van der Waals surface area contributed by atoms with Crippen LogP contribution in [-0.2, 0) is 11.3 Å². The summed E-state index contributed by atoms with van der Waals surface area (Å²) in [5.41, 5.74) is 2.80. The first-order valence-electron chi connectivity index (χ1n) is 10.0. The van der Waals surface area contributed by atoms with Gasteiger partial charge in [0, 0.05) is 50.8 Å². The lowest BCUT2D eigenvalue weighted by Crippen LogP contribution is -2.52. The highest BCUT2D eigenvalue weighted by molar-refractivity contribution is 14.0. The van der Waals surface area contributed by atoms with Gasteiger partial charge in [-0.15, -0.1) is 24.0 Å². The summed E-state index contributed by atoms with van der Waals surface area (Å²) < 4.78 is 5.38. The van der Waals surface area contributed by atoms with E-state index >= 15 is 0 Å². The second-order valence-electron chi connectivity index (χ2n) is 7.06. The Labute approximate surface area is 191 Å². The molecule has 1 fully saturated rings. The third-order valence-corrected chi connectivity index (χ3v) is 5.33. The fourth-order valence-electron chi connectivity index (χ4n) is 3.49. The molecule has 0 atom stereocenters. The van der Waals surface area contributed by atoms with Crippen molar-refractivity contribution < 1.29 is 4.74 Å². The standard InChI is InChI=1S/C21H31ClN4O.HI/c1-2-23-21(24-10-7-18-8-15-27-16-9-18)26-13-11-25(12-14-26)17-19-3-5-20(22)6-4-19;/h3-6,8H,2,7,9-17H2,1H3,(H,23,24);1H. The second kappa shape index (κ2) is 12.7. The number of benzene rings is 1. The minimum absolute atomic E-state index is 0. The molecule has 5 nitrogen and oxygen atoms in total. The van der Waals surface area contributed by atoms with Gasteiger partial charge in [0.15, 0.2) is 5.96 Å². The van der Waals surface area contributed by atoms with Gasteiger partial charge in [0.25, 0.3) is 0 Å². The summed E-state index contributed by atoms with van der Waals surface area (Å²) in [7, 11) is 0. The molecule has 156 valence electrons. The Morgan fingerprint density at radius 2 is 1.93 bits per heavy atom. The fraction of sp³-hybridized carbons (Fsp3) is 0.571. The first kappa shape index (κ1) is 23.4. The Kier molecular flexibility index (Phi) is 10.6. The Morgan fingerprint density at radius 3 is 2.57 bits per heavy atom. The zero-order valence-corrected chi connectivity index (χ0v) is 19.8. The van der Waals surface area contributed by atoms with E-state index in [2.05, 4.69) is 40.2 Å². The van der Waals surface area contributed by atoms with Crippen molar-refractivity contribution in [1.82, 2.24) is 15.1 Å². The van der Waals surface area contributed by atoms with E-state index in [1.807, 2.05) is 12.1 Å². The van der Waals surface area contributed by atoms with Crippen LogP contribution in [0.2, 0.25) is 5.02 Å². The Morgan fingerprint density at radius 1 is 1.18 bits per heavy atom. The number of nitrogens with one attached hydrogen (secondary N) is 1. The minimum Gasteiger partial charge on any atom is -0.377 e. The van der Waals surface area contributed by atoms with Crippen LogP contribution in [0.4, 0.5) is 0 Å². The topological polar surface area (TPSA) is 40.1 Å². The molecule has 0 aliphatic carbocycles. The number of guanidine groups is 1. The third-order valence-electron chi connectivity index (χ3n) is 5.08. The van der Waals surface area contributed by atoms with Gasteiger partial charge in [0.1, 0.15) is 0 Å². The number of nitrogens with zero attached hydrogens (tertiary/aromatic N) is 3. The van der Waals surface area contributed by atoms with Crippen LogP contribution in [0.5, 0.6) is 0 Å². The zero-order chi connectivity index (χ0) is 18.9. The summed E-state index contributed by atoms with van der Waals surface area (Å²) in [5.74, 6) is 1.05. The van der Waals surface area contributed by atoms with Crippen LogP contribution in [0, 0.1) is 0 Å². The lowest BCUT2D eigenvalue weighted by atomic mass is 10.1. The van der Waals surface area contributed by atoms with Crippen LogP contribution in [-0.4, -0.2) is 68.2 Å². The number of aliphatic imine (C=N–C) groups is 1. The van der Waals surface area contributed by atoms with Crippen molar-refractivity contribution in [2.45, 2.75) is 26.3 Å². The maximum absolute atomic E-state index is 5.98. The highest BCUT2D eigenvalue weighted by atomic mass is 127. The molecule has 2 heterocycles. The number of halogens is 2. The summed E-state index contributed by atoms with van der Waals surface area (Å²) >= 11 is 5.98. The van der Waals surface area contributed by atoms with Crippen LogP contribution < -0.4 is 5.32 Å². The summed E-state index contributed by atoms with van der Waals surface area (Å²) in [6.07, 6.45) is 4.30. The first-order chi connectivity index (χ1) is 13.2. The molecule has 0 saturated carbocycles. The average Bonchev–Trinajstić information content (AvgIpc) is 2.71. The van der Waals surface area contributed by atoms with Crippen molar-refractivity contribution in [3.8, 4) is 0 Å². The van der Waals surface area contributed by atoms with E-state index in [1.54, 1.807) is 0 Å². The Hall–Kier alpha value is -0.830. The van der Waals surface area contributed by atoms with E-state index < -0.39 is 0 Å². The van der Waals surface area contributed by atoms with E-state index in [9.17, 15) is 0 Å². The van der Waals surface area contributed by atoms with E-state index in [0.717, 1.165) is 82.9 Å². The lowest BCUT2D eigenvalue weighted by Gasteiger charge is -2.36. The predicted molar refractivity (Wildman–Crippen MR) is 128 cm³/mol. The molecule has 28 heavy (non-hydrogen) atoms. The van der Waals surface area contributed by atoms with Crippen LogP contribution in [0.25, 0.3) is 0 Å². The normalized spacial score (nSPS) is 18.4. The predicted octanol–water partition coefficient (Wildman–Crippen LogP) is 3.78. The van der Waals surface area contributed by atoms with Gasteiger partial charge >= 0.3 is 0 Å². The van der Waals surface area contributed by atoms with Crippen molar-refractivity contribution in [1.29, 1.82) is 0 Å². The smallest absolute Gasteiger partial charge is 0.194 e. The van der Waals surface area contributed by atoms with Gasteiger partial charge in [-0.25, -0.2) is 0 Å². The molecule has 1 N–H and O–H groups in total. The van der Waals surface area contributed by atoms with E-state index in [1.165, 1.54) is 11.1 Å². The number of rotatable bonds is 6. The Bertz CT molecular complexity index is 642. The van der Waals surface area contributed by atoms with E-state index in [4.69, 9.17) is 21.3 Å². The minimum atomic E-state index is 0. The zero-order valence-electron chi connectivity index (χ0n) is 16.7. The van der Waals surface area contributed by atoms with Gasteiger partial charge in [-0.2, -0.15) is 0 Å². The molecule has 7 heteroatoms. The molecule has 1 aromatic carbocycles. The lowest BCUT2D eigenvalue weighted by molar-refractivity contribution is 0.153. The molecule has 0 aromatic heterocycles. The van der Waals surface area contributed by atoms with E-state index in [-0.39, 0.29) is 24.0 Å². The van der Waals surface area contributed by atoms with Crippen molar-refractivity contribution in [2.75, 3.05) is 52.5 Å². The van der Waals surface area contributed by atoms with Gasteiger partial charge < -0.3 is 15.0 Å². The molecule has 1 aromatic rings. The highest BCUT2D eigenvalue weighted by Crippen LogP contribution is 2.14. The molecule has 0 bridgehead atoms. The van der Waals surface area contributed by atoms with Crippen LogP contribution in [0.1, 0.15) is 25.3 Å². The third kappa shape index (κ3) is 7.54. The van der Waals surface area contributed by atoms with Gasteiger partial charge in [-0.1, -0.05) is 35.4 Å². The number of hydrogen-bond donors (Lipinski definition) is 1. The number of hydrogen-bond acceptors (Lipinski definition) is 3. The molecule has 2 aliphatic rings. The molecular formula is C21H32ClIN4O. The molecule has 1 saturated heterocycles. The maximum atomic E-state index is 5.98. The van der Waals surface area contributed by atoms with Gasteiger partial charge in [0.2, 0.25) is 0 Å². The first-order valence-corrected chi connectivity index (χ1v) is 10.4. The average molecular weight is 519 g/mol. The quantitative estimate of drug-likeness (QED) is 0.269. The maximum Gasteiger partial charge on any atom is 0.194 e. The van der Waals surface area contributed by atoms with Crippen LogP contribution in [0.15, 0.2) is 40.9 Å². The fourth-order valence-corrected chi connectivity index (χ4v) is 3.62. The second-order valence-corrected chi connectivity index (χ2v) is 7.50. The highest BCUT2D eigenvalue weighted by Gasteiger charge is 2.19. The van der Waals surface area contributed by atoms with Gasteiger partial charge in [0.05, 0.1) is 13.2 Å². The number of piperazine rings is 1. The molecule has 0 unspecified atom stereocenters. The molecule has 0 spiro atoms. The van der Waals surface area contributed by atoms with E-state index in [0.29, 0.717) is 0 Å². The van der Waals surface area contributed by atoms with Crippen LogP contribution in [0.3, 0.4) is 0 Å². The van der Waals surface area contributed by atoms with Gasteiger partial charge in [-0.3, -0.25) is 9.89 Å². The monoisotopic (exact) mass is 518 g/mol. The van der Waals surface area contributed by atoms with Crippen molar-refractivity contribution >= 4 is 41.5 Å². The SMILES string of the molecule is CCNC(=NCCC1=CCOCC1)N1CCN(Cc2ccc(Cl)cc2)CC1.I. The number of ether oxygens (including phenoxy) is 1. The summed E-state index contributed by atoms with van der Waals surface area (Å²) in [4.78, 5) is 9.75. The van der Waals surface area contributed by atoms with Crippen LogP contribution >= 0.6 is 35.6 Å². The summed E-state index contributed by atoms with van der Waals surface area (Å²) in [6.45, 7) is 10.6. The molecule has 3 rings (SSSR count). The van der Waals surface area contributed by atoms with Crippen molar-refractivity contribution in [3.05, 3.63) is 46.5 Å². The van der Waals surface area contributed by atoms with Gasteiger partial charge in [-0.05, 0) is 37.5 Å².